The minimum atomic E-state index is -1.20. The van der Waals surface area contributed by atoms with Gasteiger partial charge in [-0.15, -0.1) is 0 Å². The summed E-state index contributed by atoms with van der Waals surface area (Å²) in [6.45, 7) is 7.63. The van der Waals surface area contributed by atoms with Crippen LogP contribution in [0.2, 0.25) is 0 Å². The van der Waals surface area contributed by atoms with Crippen LogP contribution in [-0.4, -0.2) is 28.8 Å². The molecule has 1 aliphatic heterocycles. The average molecular weight is 558 g/mol. The summed E-state index contributed by atoms with van der Waals surface area (Å²) in [5.74, 6) is -3.15. The number of unbranched alkanes of at least 4 members (excludes halogenated alkanes) is 12. The van der Waals surface area contributed by atoms with E-state index in [1.807, 2.05) is 6.92 Å². The molecule has 0 bridgehead atoms. The molecule has 2 rings (SSSR count). The number of hydrogen-bond donors (Lipinski definition) is 5. The van der Waals surface area contributed by atoms with Crippen LogP contribution < -0.4 is 21.5 Å². The second-order valence-electron chi connectivity index (χ2n) is 10.9. The van der Waals surface area contributed by atoms with Gasteiger partial charge in [0, 0.05) is 22.6 Å². The van der Waals surface area contributed by atoms with Gasteiger partial charge in [0.1, 0.15) is 5.75 Å². The number of rotatable bonds is 19. The second-order valence-corrected chi connectivity index (χ2v) is 10.9. The molecule has 1 heterocycles. The summed E-state index contributed by atoms with van der Waals surface area (Å²) < 4.78 is 5.93. The third-order valence-electron chi connectivity index (χ3n) is 7.82. The van der Waals surface area contributed by atoms with Crippen LogP contribution in [0.25, 0.3) is 0 Å². The van der Waals surface area contributed by atoms with E-state index in [0.29, 0.717) is 47.0 Å². The highest BCUT2D eigenvalue weighted by molar-refractivity contribution is 5.99. The Morgan fingerprint density at radius 1 is 0.775 bits per heavy atom. The average Bonchev–Trinajstić information content (AvgIpc) is 2.88. The van der Waals surface area contributed by atoms with Crippen LogP contribution in [0.15, 0.2) is 28.6 Å². The van der Waals surface area contributed by atoms with Crippen molar-refractivity contribution in [2.45, 2.75) is 124 Å². The third-order valence-corrected chi connectivity index (χ3v) is 7.82. The number of carboxylic acids is 2. The number of carboxylic acid groups (broad SMARTS) is 2. The van der Waals surface area contributed by atoms with Crippen LogP contribution in [0.5, 0.6) is 5.75 Å². The van der Waals surface area contributed by atoms with Gasteiger partial charge < -0.3 is 31.7 Å². The first-order chi connectivity index (χ1) is 19.1. The Kier molecular flexibility index (Phi) is 13.9. The lowest BCUT2D eigenvalue weighted by molar-refractivity contribution is -0.133. The van der Waals surface area contributed by atoms with E-state index < -0.39 is 17.9 Å². The normalized spacial score (nSPS) is 14.0. The molecule has 1 aromatic rings. The Morgan fingerprint density at radius 3 is 1.65 bits per heavy atom. The molecule has 224 valence electrons. The van der Waals surface area contributed by atoms with Crippen LogP contribution in [0.1, 0.15) is 128 Å². The Labute approximate surface area is 240 Å². The van der Waals surface area contributed by atoms with Crippen molar-refractivity contribution in [1.82, 2.24) is 5.32 Å². The summed E-state index contributed by atoms with van der Waals surface area (Å²) in [7, 11) is 0. The quantitative estimate of drug-likeness (QED) is 0.0879. The summed E-state index contributed by atoms with van der Waals surface area (Å²) >= 11 is 0. The van der Waals surface area contributed by atoms with Crippen molar-refractivity contribution in [2.75, 3.05) is 18.1 Å². The Morgan fingerprint density at radius 2 is 1.23 bits per heavy atom. The number of dihydropyridines is 1. The van der Waals surface area contributed by atoms with Gasteiger partial charge in [-0.1, -0.05) is 84.0 Å². The molecule has 0 fully saturated rings. The second kappa shape index (κ2) is 16.8. The lowest BCUT2D eigenvalue weighted by Gasteiger charge is -2.32. The van der Waals surface area contributed by atoms with Gasteiger partial charge in [-0.2, -0.15) is 0 Å². The van der Waals surface area contributed by atoms with E-state index in [1.54, 1.807) is 19.9 Å². The molecule has 40 heavy (non-hydrogen) atoms. The van der Waals surface area contributed by atoms with Crippen LogP contribution in [0.3, 0.4) is 0 Å². The molecule has 0 amide bonds. The zero-order valence-corrected chi connectivity index (χ0v) is 25.0. The molecular weight excluding hydrogens is 506 g/mol. The number of aliphatic carboxylic acids is 2. The molecule has 1 aromatic carbocycles. The first kappa shape index (κ1) is 33.0. The van der Waals surface area contributed by atoms with Crippen LogP contribution in [0.4, 0.5) is 11.4 Å². The number of nitrogens with one attached hydrogen (secondary N) is 1. The smallest absolute Gasteiger partial charge is 0.334 e. The number of nitrogens with two attached hydrogens (primary N) is 2. The summed E-state index contributed by atoms with van der Waals surface area (Å²) in [5, 5.41) is 23.2. The van der Waals surface area contributed by atoms with Crippen LogP contribution in [-0.2, 0) is 16.0 Å². The van der Waals surface area contributed by atoms with Crippen molar-refractivity contribution in [3.63, 3.8) is 0 Å². The number of carbonyl (C=O) groups is 2. The number of hydrogen-bond acceptors (Lipinski definition) is 6. The Hall–Kier alpha value is -3.16. The zero-order valence-electron chi connectivity index (χ0n) is 25.0. The number of anilines is 2. The fraction of sp³-hybridized carbons (Fsp3) is 0.625. The lowest BCUT2D eigenvalue weighted by atomic mass is 9.76. The summed E-state index contributed by atoms with van der Waals surface area (Å²) in [6.07, 6.45) is 16.6. The summed E-state index contributed by atoms with van der Waals surface area (Å²) in [5.41, 5.74) is 15.4. The van der Waals surface area contributed by atoms with Gasteiger partial charge in [0.25, 0.3) is 0 Å². The van der Waals surface area contributed by atoms with E-state index >= 15 is 0 Å². The fourth-order valence-corrected chi connectivity index (χ4v) is 5.83. The van der Waals surface area contributed by atoms with Crippen molar-refractivity contribution < 1.29 is 24.5 Å². The predicted molar refractivity (Wildman–Crippen MR) is 162 cm³/mol. The molecule has 8 nitrogen and oxygen atoms in total. The largest absolute Gasteiger partial charge is 0.491 e. The van der Waals surface area contributed by atoms with Crippen molar-refractivity contribution in [3.05, 3.63) is 39.7 Å². The molecule has 0 aromatic heterocycles. The highest BCUT2D eigenvalue weighted by atomic mass is 16.5. The molecule has 0 unspecified atom stereocenters. The molecule has 0 aliphatic carbocycles. The zero-order chi connectivity index (χ0) is 29.7. The number of benzene rings is 1. The van der Waals surface area contributed by atoms with Crippen LogP contribution in [0, 0.1) is 0 Å². The van der Waals surface area contributed by atoms with Gasteiger partial charge in [-0.3, -0.25) is 0 Å². The van der Waals surface area contributed by atoms with E-state index in [0.717, 1.165) is 19.3 Å². The standard InChI is InChI=1S/C32H51N3O5/c1-5-7-8-9-10-11-12-13-14-15-16-17-18-19-23-24(33)20-25(34)30(40-6-2)28(23)29-26(31(36)37)21(3)35-22(4)27(29)32(38)39/h20,29,35H,5-19,33-34H2,1-4H3,(H,36,37)(H,38,39). The maximum atomic E-state index is 12.4. The summed E-state index contributed by atoms with van der Waals surface area (Å²) in [6, 6.07) is 1.64. The van der Waals surface area contributed by atoms with Gasteiger partial charge in [0.05, 0.1) is 29.4 Å². The van der Waals surface area contributed by atoms with E-state index in [9.17, 15) is 19.8 Å². The van der Waals surface area contributed by atoms with Crippen molar-refractivity contribution in [3.8, 4) is 5.75 Å². The SMILES string of the molecule is CCCCCCCCCCCCCCCc1c(N)cc(N)c(OCC)c1C1C(C(=O)O)=C(C)NC(C)=C1C(=O)O. The minimum Gasteiger partial charge on any atom is -0.491 e. The van der Waals surface area contributed by atoms with Gasteiger partial charge in [0.15, 0.2) is 0 Å². The molecule has 0 radical (unpaired) electrons. The number of allylic oxidation sites excluding steroid dienone is 2. The fourth-order valence-electron chi connectivity index (χ4n) is 5.83. The van der Waals surface area contributed by atoms with Gasteiger partial charge in [-0.25, -0.2) is 9.59 Å². The first-order valence-corrected chi connectivity index (χ1v) is 15.1. The first-order valence-electron chi connectivity index (χ1n) is 15.1. The molecule has 1 aliphatic rings. The van der Waals surface area contributed by atoms with Crippen LogP contribution >= 0.6 is 0 Å². The highest BCUT2D eigenvalue weighted by Gasteiger charge is 2.40. The van der Waals surface area contributed by atoms with Gasteiger partial charge >= 0.3 is 11.9 Å². The van der Waals surface area contributed by atoms with E-state index in [1.165, 1.54) is 64.2 Å². The lowest BCUT2D eigenvalue weighted by Crippen LogP contribution is -2.32. The molecule has 7 N–H and O–H groups in total. The molecule has 8 heteroatoms. The van der Waals surface area contributed by atoms with Crippen molar-refractivity contribution in [1.29, 1.82) is 0 Å². The Balaban J connectivity index is 2.18. The predicted octanol–water partition coefficient (Wildman–Crippen LogP) is 7.29. The van der Waals surface area contributed by atoms with E-state index in [2.05, 4.69) is 12.2 Å². The molecule has 0 spiro atoms. The van der Waals surface area contributed by atoms with Crippen molar-refractivity contribution in [2.24, 2.45) is 0 Å². The number of ether oxygens (including phenoxy) is 1. The van der Waals surface area contributed by atoms with Gasteiger partial charge in [0.2, 0.25) is 0 Å². The monoisotopic (exact) mass is 557 g/mol. The maximum Gasteiger partial charge on any atom is 0.334 e. The number of nitrogen functional groups attached to an aromatic ring is 2. The highest BCUT2D eigenvalue weighted by Crippen LogP contribution is 2.47. The molecule has 0 saturated carbocycles. The third kappa shape index (κ3) is 8.93. The van der Waals surface area contributed by atoms with E-state index in [-0.39, 0.29) is 16.8 Å². The topological polar surface area (TPSA) is 148 Å². The molecular formula is C32H51N3O5. The summed E-state index contributed by atoms with van der Waals surface area (Å²) in [4.78, 5) is 24.9. The Bertz CT molecular complexity index is 1040. The maximum absolute atomic E-state index is 12.4. The van der Waals surface area contributed by atoms with Crippen molar-refractivity contribution >= 4 is 23.3 Å². The minimum absolute atomic E-state index is 0.0411. The van der Waals surface area contributed by atoms with Gasteiger partial charge in [-0.05, 0) is 45.2 Å². The molecule has 0 saturated heterocycles. The van der Waals surface area contributed by atoms with E-state index in [4.69, 9.17) is 16.2 Å². The molecule has 0 atom stereocenters.